The van der Waals surface area contributed by atoms with Crippen LogP contribution in [-0.2, 0) is 5.41 Å². The highest BCUT2D eigenvalue weighted by Crippen LogP contribution is 2.27. The van der Waals surface area contributed by atoms with Gasteiger partial charge in [0.15, 0.2) is 0 Å². The monoisotopic (exact) mass is 325 g/mol. The molecule has 3 nitrogen and oxygen atoms in total. The molecule has 0 spiro atoms. The first kappa shape index (κ1) is 11.4. The maximum atomic E-state index is 9.24. The minimum atomic E-state index is -0.418. The maximum Gasteiger partial charge on any atom is 0.137 e. The molecule has 0 aliphatic carbocycles. The van der Waals surface area contributed by atoms with Gasteiger partial charge in [0, 0.05) is 6.20 Å². The van der Waals surface area contributed by atoms with E-state index < -0.39 is 5.41 Å². The number of hydrogen-bond acceptors (Lipinski definition) is 2. The van der Waals surface area contributed by atoms with Crippen molar-refractivity contribution in [1.29, 1.82) is 5.26 Å². The summed E-state index contributed by atoms with van der Waals surface area (Å²) < 4.78 is 3.09. The fourth-order valence-corrected chi connectivity index (χ4v) is 2.19. The van der Waals surface area contributed by atoms with Gasteiger partial charge in [0.1, 0.15) is 9.35 Å². The third kappa shape index (κ3) is 1.69. The number of nitriles is 1. The van der Waals surface area contributed by atoms with Crippen LogP contribution in [0.4, 0.5) is 0 Å². The van der Waals surface area contributed by atoms with Crippen LogP contribution in [0.2, 0.25) is 0 Å². The number of imidazole rings is 1. The number of pyridine rings is 1. The quantitative estimate of drug-likeness (QED) is 0.796. The molecule has 0 radical (unpaired) electrons. The molecule has 82 valence electrons. The predicted octanol–water partition coefficient (Wildman–Crippen LogP) is 3.13. The lowest BCUT2D eigenvalue weighted by Crippen LogP contribution is -2.18. The van der Waals surface area contributed by atoms with E-state index in [0.29, 0.717) is 0 Å². The Hall–Kier alpha value is -1.09. The summed E-state index contributed by atoms with van der Waals surface area (Å²) in [5, 5.41) is 9.24. The van der Waals surface area contributed by atoms with Crippen molar-refractivity contribution in [2.75, 3.05) is 0 Å². The average Bonchev–Trinajstić information content (AvgIpc) is 2.69. The third-order valence-electron chi connectivity index (χ3n) is 3.06. The molecule has 2 aromatic rings. The Bertz CT molecular complexity index is 567. The van der Waals surface area contributed by atoms with E-state index in [1.807, 2.05) is 42.8 Å². The predicted molar refractivity (Wildman–Crippen MR) is 71.2 cm³/mol. The van der Waals surface area contributed by atoms with E-state index in [0.717, 1.165) is 21.3 Å². The van der Waals surface area contributed by atoms with Gasteiger partial charge in [-0.2, -0.15) is 5.26 Å². The van der Waals surface area contributed by atoms with Gasteiger partial charge in [0.25, 0.3) is 0 Å². The Balaban J connectivity index is 2.60. The minimum absolute atomic E-state index is 0.418. The van der Waals surface area contributed by atoms with Gasteiger partial charge < -0.3 is 0 Å². The zero-order valence-corrected chi connectivity index (χ0v) is 11.4. The fourth-order valence-electron chi connectivity index (χ4n) is 1.64. The van der Waals surface area contributed by atoms with Crippen LogP contribution < -0.4 is 0 Å². The molecule has 1 unspecified atom stereocenters. The van der Waals surface area contributed by atoms with Crippen molar-refractivity contribution in [3.63, 3.8) is 0 Å². The van der Waals surface area contributed by atoms with E-state index >= 15 is 0 Å². The molecule has 0 saturated heterocycles. The summed E-state index contributed by atoms with van der Waals surface area (Å²) in [6, 6.07) is 6.38. The van der Waals surface area contributed by atoms with Gasteiger partial charge in [-0.1, -0.05) is 6.92 Å². The first-order valence-corrected chi connectivity index (χ1v) is 6.23. The normalized spacial score (nSPS) is 14.6. The lowest BCUT2D eigenvalue weighted by molar-refractivity contribution is 0.586. The molecule has 0 N–H and O–H groups in total. The first-order valence-electron chi connectivity index (χ1n) is 5.15. The van der Waals surface area contributed by atoms with Gasteiger partial charge in [0.05, 0.1) is 17.7 Å². The molecule has 2 aromatic heterocycles. The van der Waals surface area contributed by atoms with Crippen molar-refractivity contribution >= 4 is 28.2 Å². The van der Waals surface area contributed by atoms with Gasteiger partial charge in [-0.25, -0.2) is 4.98 Å². The van der Waals surface area contributed by atoms with Crippen molar-refractivity contribution in [3.8, 4) is 6.07 Å². The number of halogens is 1. The Kier molecular flexibility index (Phi) is 2.89. The SMILES string of the molecule is CCC(C)(C#N)c1ccn2c(I)cnc2c1. The Morgan fingerprint density at radius 2 is 2.38 bits per heavy atom. The lowest BCUT2D eigenvalue weighted by Gasteiger charge is -2.19. The van der Waals surface area contributed by atoms with Gasteiger partial charge >= 0.3 is 0 Å². The van der Waals surface area contributed by atoms with Gasteiger partial charge in [0.2, 0.25) is 0 Å². The molecule has 0 aliphatic rings. The molecule has 2 rings (SSSR count). The van der Waals surface area contributed by atoms with E-state index in [-0.39, 0.29) is 0 Å². The second-order valence-corrected chi connectivity index (χ2v) is 5.13. The topological polar surface area (TPSA) is 41.1 Å². The minimum Gasteiger partial charge on any atom is -0.295 e. The Morgan fingerprint density at radius 1 is 1.62 bits per heavy atom. The molecule has 16 heavy (non-hydrogen) atoms. The molecule has 0 aliphatic heterocycles. The highest BCUT2D eigenvalue weighted by molar-refractivity contribution is 14.1. The molecule has 1 atom stereocenters. The van der Waals surface area contributed by atoms with Crippen molar-refractivity contribution in [1.82, 2.24) is 9.38 Å². The van der Waals surface area contributed by atoms with Crippen LogP contribution in [0.15, 0.2) is 24.5 Å². The molecule has 0 bridgehead atoms. The Labute approximate surface area is 108 Å². The highest BCUT2D eigenvalue weighted by Gasteiger charge is 2.24. The second-order valence-electron chi connectivity index (χ2n) is 4.02. The zero-order valence-electron chi connectivity index (χ0n) is 9.24. The lowest BCUT2D eigenvalue weighted by atomic mass is 9.82. The number of nitrogens with zero attached hydrogens (tertiary/aromatic N) is 3. The summed E-state index contributed by atoms with van der Waals surface area (Å²) in [5.74, 6) is 0. The molecule has 0 fully saturated rings. The van der Waals surface area contributed by atoms with Crippen LogP contribution >= 0.6 is 22.6 Å². The van der Waals surface area contributed by atoms with E-state index in [9.17, 15) is 5.26 Å². The van der Waals surface area contributed by atoms with E-state index in [1.54, 1.807) is 0 Å². The number of fused-ring (bicyclic) bond motifs is 1. The van der Waals surface area contributed by atoms with Crippen LogP contribution in [-0.4, -0.2) is 9.38 Å². The van der Waals surface area contributed by atoms with Crippen molar-refractivity contribution < 1.29 is 0 Å². The Morgan fingerprint density at radius 3 is 3.00 bits per heavy atom. The highest BCUT2D eigenvalue weighted by atomic mass is 127. The van der Waals surface area contributed by atoms with Crippen molar-refractivity contribution in [3.05, 3.63) is 33.8 Å². The second kappa shape index (κ2) is 4.06. The van der Waals surface area contributed by atoms with Crippen molar-refractivity contribution in [2.24, 2.45) is 0 Å². The number of rotatable bonds is 2. The standard InChI is InChI=1S/C12H12IN3/c1-3-12(2,8-14)9-4-5-16-10(13)7-15-11(16)6-9/h4-7H,3H2,1-2H3. The van der Waals surface area contributed by atoms with E-state index in [2.05, 4.69) is 33.6 Å². The molecule has 0 aromatic carbocycles. The molecule has 0 amide bonds. The van der Waals surface area contributed by atoms with Crippen LogP contribution in [0, 0.1) is 15.0 Å². The van der Waals surface area contributed by atoms with Gasteiger partial charge in [-0.3, -0.25) is 4.40 Å². The molecular weight excluding hydrogens is 313 g/mol. The van der Waals surface area contributed by atoms with Crippen LogP contribution in [0.25, 0.3) is 5.65 Å². The van der Waals surface area contributed by atoms with Crippen LogP contribution in [0.3, 0.4) is 0 Å². The number of aromatic nitrogens is 2. The summed E-state index contributed by atoms with van der Waals surface area (Å²) in [4.78, 5) is 4.31. The summed E-state index contributed by atoms with van der Waals surface area (Å²) in [5.41, 5.74) is 1.52. The molecule has 2 heterocycles. The largest absolute Gasteiger partial charge is 0.295 e. The first-order chi connectivity index (χ1) is 7.60. The van der Waals surface area contributed by atoms with Crippen LogP contribution in [0.5, 0.6) is 0 Å². The van der Waals surface area contributed by atoms with E-state index in [4.69, 9.17) is 0 Å². The summed E-state index contributed by atoms with van der Waals surface area (Å²) in [6.07, 6.45) is 4.61. The smallest absolute Gasteiger partial charge is 0.137 e. The van der Waals surface area contributed by atoms with Gasteiger partial charge in [-0.15, -0.1) is 0 Å². The average molecular weight is 325 g/mol. The summed E-state index contributed by atoms with van der Waals surface area (Å²) >= 11 is 2.24. The molecule has 4 heteroatoms. The molecule has 0 saturated carbocycles. The molecular formula is C12H12IN3. The van der Waals surface area contributed by atoms with E-state index in [1.165, 1.54) is 0 Å². The van der Waals surface area contributed by atoms with Crippen molar-refractivity contribution in [2.45, 2.75) is 25.7 Å². The summed E-state index contributed by atoms with van der Waals surface area (Å²) in [6.45, 7) is 4.00. The summed E-state index contributed by atoms with van der Waals surface area (Å²) in [7, 11) is 0. The zero-order chi connectivity index (χ0) is 11.8. The van der Waals surface area contributed by atoms with Crippen LogP contribution in [0.1, 0.15) is 25.8 Å². The third-order valence-corrected chi connectivity index (χ3v) is 3.86. The van der Waals surface area contributed by atoms with Gasteiger partial charge in [-0.05, 0) is 53.6 Å². The fraction of sp³-hybridized carbons (Fsp3) is 0.333. The number of hydrogen-bond donors (Lipinski definition) is 0. The maximum absolute atomic E-state index is 9.24.